The van der Waals surface area contributed by atoms with Gasteiger partial charge in [0.1, 0.15) is 0 Å². The fourth-order valence-electron chi connectivity index (χ4n) is 2.78. The molecule has 0 atom stereocenters. The van der Waals surface area contributed by atoms with Crippen LogP contribution in [0.15, 0.2) is 48.0 Å². The number of fused-ring (bicyclic) bond motifs is 1. The first-order valence-corrected chi connectivity index (χ1v) is 7.03. The molecule has 0 aromatic heterocycles. The molecule has 0 unspecified atom stereocenters. The van der Waals surface area contributed by atoms with E-state index in [1.165, 1.54) is 46.2 Å². The van der Waals surface area contributed by atoms with E-state index >= 15 is 0 Å². The molecular weight excluding hydrogens is 228 g/mol. The third-order valence-corrected chi connectivity index (χ3v) is 3.70. The zero-order valence-electron chi connectivity index (χ0n) is 11.6. The molecule has 1 aliphatic carbocycles. The second-order valence-corrected chi connectivity index (χ2v) is 5.29. The lowest BCUT2D eigenvalue weighted by molar-refractivity contribution is 0.922. The van der Waals surface area contributed by atoms with Crippen molar-refractivity contribution in [1.82, 2.24) is 0 Å². The first-order chi connectivity index (χ1) is 9.28. The second-order valence-electron chi connectivity index (χ2n) is 5.29. The number of aryl methyl sites for hydroxylation is 1. The van der Waals surface area contributed by atoms with E-state index in [1.807, 2.05) is 0 Å². The Morgan fingerprint density at radius 3 is 2.47 bits per heavy atom. The molecule has 0 heterocycles. The van der Waals surface area contributed by atoms with Gasteiger partial charge in [0.2, 0.25) is 0 Å². The maximum absolute atomic E-state index is 2.28. The van der Waals surface area contributed by atoms with Gasteiger partial charge in [0.25, 0.3) is 0 Å². The van der Waals surface area contributed by atoms with E-state index in [0.29, 0.717) is 0 Å². The SMILES string of the molecule is CCCc1ccc(-c2cccc3c2C=C(C)[CH]3)cc1. The van der Waals surface area contributed by atoms with E-state index in [9.17, 15) is 0 Å². The van der Waals surface area contributed by atoms with Crippen molar-refractivity contribution in [2.45, 2.75) is 26.7 Å². The van der Waals surface area contributed by atoms with Crippen molar-refractivity contribution in [1.29, 1.82) is 0 Å². The summed E-state index contributed by atoms with van der Waals surface area (Å²) >= 11 is 0. The van der Waals surface area contributed by atoms with Crippen LogP contribution in [-0.4, -0.2) is 0 Å². The summed E-state index contributed by atoms with van der Waals surface area (Å²) in [4.78, 5) is 0. The summed E-state index contributed by atoms with van der Waals surface area (Å²) in [5.41, 5.74) is 8.13. The highest BCUT2D eigenvalue weighted by Gasteiger charge is 2.14. The number of hydrogen-bond acceptors (Lipinski definition) is 0. The first-order valence-electron chi connectivity index (χ1n) is 7.03. The van der Waals surface area contributed by atoms with Gasteiger partial charge in [-0.1, -0.05) is 67.5 Å². The minimum absolute atomic E-state index is 1.17. The zero-order valence-corrected chi connectivity index (χ0v) is 11.6. The fourth-order valence-corrected chi connectivity index (χ4v) is 2.78. The number of benzene rings is 2. The van der Waals surface area contributed by atoms with Gasteiger partial charge in [-0.25, -0.2) is 0 Å². The van der Waals surface area contributed by atoms with Gasteiger partial charge in [-0.2, -0.15) is 0 Å². The predicted octanol–water partition coefficient (Wildman–Crippen LogP) is 5.28. The van der Waals surface area contributed by atoms with Gasteiger partial charge in [0.15, 0.2) is 0 Å². The minimum atomic E-state index is 1.17. The van der Waals surface area contributed by atoms with Crippen LogP contribution in [0.4, 0.5) is 0 Å². The van der Waals surface area contributed by atoms with Crippen LogP contribution in [0, 0.1) is 6.42 Å². The molecule has 0 spiro atoms. The molecule has 2 aromatic carbocycles. The molecule has 2 aromatic rings. The van der Waals surface area contributed by atoms with Crippen LogP contribution in [0.25, 0.3) is 17.2 Å². The molecule has 1 radical (unpaired) electrons. The monoisotopic (exact) mass is 247 g/mol. The summed E-state index contributed by atoms with van der Waals surface area (Å²) in [6.07, 6.45) is 6.91. The normalized spacial score (nSPS) is 13.3. The molecule has 95 valence electrons. The predicted molar refractivity (Wildman–Crippen MR) is 82.9 cm³/mol. The molecule has 19 heavy (non-hydrogen) atoms. The van der Waals surface area contributed by atoms with E-state index in [0.717, 1.165) is 0 Å². The van der Waals surface area contributed by atoms with Crippen molar-refractivity contribution in [3.63, 3.8) is 0 Å². The Labute approximate surface area is 115 Å². The Balaban J connectivity index is 2.01. The standard InChI is InChI=1S/C19H19/c1-3-5-15-8-10-16(11-9-15)18-7-4-6-17-12-14(2)13-19(17)18/h4,6-13H,3,5H2,1-2H3. The van der Waals surface area contributed by atoms with Gasteiger partial charge in [-0.05, 0) is 41.2 Å². The van der Waals surface area contributed by atoms with Crippen molar-refractivity contribution >= 4 is 6.08 Å². The Morgan fingerprint density at radius 2 is 1.74 bits per heavy atom. The van der Waals surface area contributed by atoms with Crippen LogP contribution in [0.3, 0.4) is 0 Å². The van der Waals surface area contributed by atoms with Crippen LogP contribution in [-0.2, 0) is 6.42 Å². The van der Waals surface area contributed by atoms with Gasteiger partial charge in [0, 0.05) is 6.42 Å². The number of hydrogen-bond donors (Lipinski definition) is 0. The lowest BCUT2D eigenvalue weighted by Crippen LogP contribution is -1.87. The molecular formula is C19H19. The third kappa shape index (κ3) is 2.35. The summed E-state index contributed by atoms with van der Waals surface area (Å²) in [5, 5.41) is 0. The first kappa shape index (κ1) is 12.2. The highest BCUT2D eigenvalue weighted by molar-refractivity contribution is 5.83. The van der Waals surface area contributed by atoms with Crippen LogP contribution in [0.2, 0.25) is 0 Å². The Hall–Kier alpha value is -1.82. The van der Waals surface area contributed by atoms with Gasteiger partial charge in [-0.15, -0.1) is 0 Å². The maximum atomic E-state index is 2.28. The quantitative estimate of drug-likeness (QED) is 0.692. The smallest absolute Gasteiger partial charge is 0.0161 e. The lowest BCUT2D eigenvalue weighted by Gasteiger charge is -2.08. The van der Waals surface area contributed by atoms with Crippen molar-refractivity contribution in [2.75, 3.05) is 0 Å². The molecule has 1 aliphatic rings. The summed E-state index contributed by atoms with van der Waals surface area (Å²) < 4.78 is 0. The van der Waals surface area contributed by atoms with Gasteiger partial charge in [-0.3, -0.25) is 0 Å². The van der Waals surface area contributed by atoms with Crippen molar-refractivity contribution < 1.29 is 0 Å². The van der Waals surface area contributed by atoms with Crippen molar-refractivity contribution in [3.05, 3.63) is 71.1 Å². The Kier molecular flexibility index (Phi) is 3.25. The molecule has 3 rings (SSSR count). The van der Waals surface area contributed by atoms with Crippen LogP contribution in [0.1, 0.15) is 37.0 Å². The molecule has 0 heteroatoms. The Morgan fingerprint density at radius 1 is 0.947 bits per heavy atom. The highest BCUT2D eigenvalue weighted by Crippen LogP contribution is 2.34. The molecule has 0 aliphatic heterocycles. The van der Waals surface area contributed by atoms with Gasteiger partial charge >= 0.3 is 0 Å². The molecule has 0 bridgehead atoms. The summed E-state index contributed by atoms with van der Waals surface area (Å²) in [6, 6.07) is 15.6. The third-order valence-electron chi connectivity index (χ3n) is 3.70. The minimum Gasteiger partial charge on any atom is -0.0651 e. The van der Waals surface area contributed by atoms with Crippen LogP contribution >= 0.6 is 0 Å². The second kappa shape index (κ2) is 5.05. The van der Waals surface area contributed by atoms with Gasteiger partial charge in [0.05, 0.1) is 0 Å². The average molecular weight is 247 g/mol. The largest absolute Gasteiger partial charge is 0.0651 e. The van der Waals surface area contributed by atoms with Crippen molar-refractivity contribution in [3.8, 4) is 11.1 Å². The fraction of sp³-hybridized carbons (Fsp3) is 0.211. The molecule has 0 N–H and O–H groups in total. The number of rotatable bonds is 3. The van der Waals surface area contributed by atoms with E-state index < -0.39 is 0 Å². The van der Waals surface area contributed by atoms with Crippen LogP contribution in [0.5, 0.6) is 0 Å². The van der Waals surface area contributed by atoms with Crippen molar-refractivity contribution in [2.24, 2.45) is 0 Å². The van der Waals surface area contributed by atoms with E-state index in [2.05, 4.69) is 68.8 Å². The molecule has 0 amide bonds. The number of allylic oxidation sites excluding steroid dienone is 1. The summed E-state index contributed by atoms with van der Waals surface area (Å²) in [6.45, 7) is 4.38. The maximum Gasteiger partial charge on any atom is 0.0161 e. The summed E-state index contributed by atoms with van der Waals surface area (Å²) in [7, 11) is 0. The molecule has 0 nitrogen and oxygen atoms in total. The van der Waals surface area contributed by atoms with Crippen LogP contribution < -0.4 is 0 Å². The van der Waals surface area contributed by atoms with E-state index in [1.54, 1.807) is 0 Å². The topological polar surface area (TPSA) is 0 Å². The highest BCUT2D eigenvalue weighted by atomic mass is 14.2. The zero-order chi connectivity index (χ0) is 13.2. The lowest BCUT2D eigenvalue weighted by atomic mass is 9.96. The molecule has 0 saturated carbocycles. The van der Waals surface area contributed by atoms with Gasteiger partial charge < -0.3 is 0 Å². The summed E-state index contributed by atoms with van der Waals surface area (Å²) in [5.74, 6) is 0. The van der Waals surface area contributed by atoms with E-state index in [-0.39, 0.29) is 0 Å². The Bertz CT molecular complexity index is 615. The molecule has 0 saturated heterocycles. The average Bonchev–Trinajstić information content (AvgIpc) is 2.80. The van der Waals surface area contributed by atoms with E-state index in [4.69, 9.17) is 0 Å². The molecule has 0 fully saturated rings.